The Kier molecular flexibility index (Phi) is 8.47. The largest absolute Gasteiger partial charge is 0.507 e. The number of aromatic hydroxyl groups is 1. The third-order valence-corrected chi connectivity index (χ3v) is 5.67. The Morgan fingerprint density at radius 3 is 2.46 bits per heavy atom. The van der Waals surface area contributed by atoms with Crippen molar-refractivity contribution >= 4 is 23.1 Å². The fourth-order valence-electron chi connectivity index (χ4n) is 3.70. The van der Waals surface area contributed by atoms with Crippen molar-refractivity contribution in [3.05, 3.63) is 94.8 Å². The number of aryl methyl sites for hydroxylation is 1. The van der Waals surface area contributed by atoms with Crippen LogP contribution in [-0.2, 0) is 4.79 Å². The molecule has 0 fully saturated rings. The molecule has 3 N–H and O–H groups in total. The number of carbonyl (C=O) groups is 2. The molecule has 2 unspecified atom stereocenters. The fraction of sp³-hybridized carbons (Fsp3) is 0.250. The fourth-order valence-corrected chi connectivity index (χ4v) is 3.70. The standard InChI is InChI=1S/C28H28N2O5/c1-18-12-13-21(29-3)16-25(18)30-24(28(33)34)11-7-8-19(2)35-22-14-15-23(26(31)17-22)27(32)20-9-5-4-6-10-20/h4-6,9-10,12-17,19,24,30-31H,7-8,11H2,1-2H3,(H,33,34). The minimum absolute atomic E-state index is 0.157. The van der Waals surface area contributed by atoms with Crippen molar-refractivity contribution in [3.63, 3.8) is 0 Å². The highest BCUT2D eigenvalue weighted by Crippen LogP contribution is 2.28. The van der Waals surface area contributed by atoms with Crippen LogP contribution in [0.1, 0.15) is 47.7 Å². The van der Waals surface area contributed by atoms with E-state index < -0.39 is 12.0 Å². The molecule has 3 aromatic carbocycles. The number of ketones is 1. The van der Waals surface area contributed by atoms with E-state index in [2.05, 4.69) is 10.2 Å². The summed E-state index contributed by atoms with van der Waals surface area (Å²) in [4.78, 5) is 27.7. The monoisotopic (exact) mass is 472 g/mol. The first-order chi connectivity index (χ1) is 16.8. The summed E-state index contributed by atoms with van der Waals surface area (Å²) in [5.41, 5.74) is 2.64. The Bertz CT molecular complexity index is 1230. The Morgan fingerprint density at radius 1 is 1.06 bits per heavy atom. The van der Waals surface area contributed by atoms with E-state index in [0.717, 1.165) is 5.56 Å². The Balaban J connectivity index is 1.55. The van der Waals surface area contributed by atoms with Crippen molar-refractivity contribution in [2.45, 2.75) is 45.3 Å². The van der Waals surface area contributed by atoms with Crippen LogP contribution in [-0.4, -0.2) is 34.1 Å². The van der Waals surface area contributed by atoms with Gasteiger partial charge < -0.3 is 20.3 Å². The van der Waals surface area contributed by atoms with Crippen molar-refractivity contribution < 1.29 is 24.5 Å². The molecule has 0 aliphatic heterocycles. The summed E-state index contributed by atoms with van der Waals surface area (Å²) in [5, 5.41) is 23.0. The number of nitrogens with one attached hydrogen (secondary N) is 1. The van der Waals surface area contributed by atoms with Crippen molar-refractivity contribution in [1.29, 1.82) is 0 Å². The first-order valence-corrected chi connectivity index (χ1v) is 11.4. The molecule has 0 radical (unpaired) electrons. The van der Waals surface area contributed by atoms with Gasteiger partial charge in [0.1, 0.15) is 17.5 Å². The molecule has 0 aliphatic carbocycles. The van der Waals surface area contributed by atoms with Crippen LogP contribution in [0.5, 0.6) is 11.5 Å². The zero-order chi connectivity index (χ0) is 25.4. The van der Waals surface area contributed by atoms with Gasteiger partial charge in [-0.3, -0.25) is 4.79 Å². The molecule has 7 nitrogen and oxygen atoms in total. The number of ether oxygens (including phenoxy) is 1. The molecule has 180 valence electrons. The van der Waals surface area contributed by atoms with E-state index in [1.807, 2.05) is 19.9 Å². The predicted octanol–water partition coefficient (Wildman–Crippen LogP) is 5.99. The molecule has 3 rings (SSSR count). The van der Waals surface area contributed by atoms with Gasteiger partial charge >= 0.3 is 5.97 Å². The predicted molar refractivity (Wildman–Crippen MR) is 134 cm³/mol. The molecule has 0 amide bonds. The SMILES string of the molecule is [C-]#[N+]c1ccc(C)c(NC(CCCC(C)Oc2ccc(C(=O)c3ccccc3)c(O)c2)C(=O)O)c1. The normalized spacial score (nSPS) is 12.3. The number of aliphatic carboxylic acids is 1. The van der Waals surface area contributed by atoms with Crippen molar-refractivity contribution in [2.24, 2.45) is 0 Å². The summed E-state index contributed by atoms with van der Waals surface area (Å²) >= 11 is 0. The second-order valence-corrected chi connectivity index (χ2v) is 8.38. The molecule has 35 heavy (non-hydrogen) atoms. The molecule has 0 saturated carbocycles. The molecule has 3 aromatic rings. The zero-order valence-electron chi connectivity index (χ0n) is 19.7. The van der Waals surface area contributed by atoms with Gasteiger partial charge in [-0.1, -0.05) is 42.5 Å². The Labute approximate surface area is 204 Å². The number of nitrogens with zero attached hydrogens (tertiary/aromatic N) is 1. The molecular weight excluding hydrogens is 444 g/mol. The molecule has 0 bridgehead atoms. The number of carboxylic acid groups (broad SMARTS) is 1. The van der Waals surface area contributed by atoms with E-state index in [1.54, 1.807) is 48.5 Å². The van der Waals surface area contributed by atoms with Crippen LogP contribution < -0.4 is 10.1 Å². The van der Waals surface area contributed by atoms with Gasteiger partial charge in [0, 0.05) is 17.3 Å². The maximum absolute atomic E-state index is 12.6. The van der Waals surface area contributed by atoms with E-state index >= 15 is 0 Å². The maximum Gasteiger partial charge on any atom is 0.326 e. The Morgan fingerprint density at radius 2 is 1.80 bits per heavy atom. The molecule has 0 heterocycles. The average molecular weight is 473 g/mol. The van der Waals surface area contributed by atoms with Gasteiger partial charge in [-0.15, -0.1) is 0 Å². The molecule has 0 spiro atoms. The van der Waals surface area contributed by atoms with Crippen LogP contribution in [0.2, 0.25) is 0 Å². The van der Waals surface area contributed by atoms with Gasteiger partial charge in [0.25, 0.3) is 0 Å². The number of hydrogen-bond acceptors (Lipinski definition) is 5. The van der Waals surface area contributed by atoms with Gasteiger partial charge in [-0.25, -0.2) is 9.64 Å². The number of phenolic OH excluding ortho intramolecular Hbond substituents is 1. The highest BCUT2D eigenvalue weighted by Gasteiger charge is 2.19. The van der Waals surface area contributed by atoms with E-state index in [4.69, 9.17) is 11.3 Å². The number of rotatable bonds is 11. The molecule has 7 heteroatoms. The molecule has 0 aromatic heterocycles. The van der Waals surface area contributed by atoms with E-state index in [-0.39, 0.29) is 23.2 Å². The van der Waals surface area contributed by atoms with Crippen LogP contribution in [0.3, 0.4) is 0 Å². The lowest BCUT2D eigenvalue weighted by Gasteiger charge is -2.19. The quantitative estimate of drug-likeness (QED) is 0.234. The lowest BCUT2D eigenvalue weighted by molar-refractivity contribution is -0.138. The highest BCUT2D eigenvalue weighted by atomic mass is 16.5. The number of hydrogen-bond donors (Lipinski definition) is 3. The molecule has 0 saturated heterocycles. The number of carboxylic acids is 1. The molecule has 2 atom stereocenters. The third kappa shape index (κ3) is 6.84. The van der Waals surface area contributed by atoms with Crippen molar-refractivity contribution in [3.8, 4) is 11.5 Å². The van der Waals surface area contributed by atoms with Gasteiger partial charge in [0.2, 0.25) is 0 Å². The van der Waals surface area contributed by atoms with Crippen molar-refractivity contribution in [1.82, 2.24) is 0 Å². The molecule has 0 aliphatic rings. The summed E-state index contributed by atoms with van der Waals surface area (Å²) < 4.78 is 5.87. The Hall–Kier alpha value is -4.31. The summed E-state index contributed by atoms with van der Waals surface area (Å²) in [6.07, 6.45) is 1.33. The number of carbonyl (C=O) groups excluding carboxylic acids is 1. The summed E-state index contributed by atoms with van der Waals surface area (Å²) in [6.45, 7) is 10.9. The van der Waals surface area contributed by atoms with Gasteiger partial charge in [0.05, 0.1) is 18.2 Å². The first kappa shape index (κ1) is 25.3. The van der Waals surface area contributed by atoms with Gasteiger partial charge in [0.15, 0.2) is 11.5 Å². The minimum Gasteiger partial charge on any atom is -0.507 e. The van der Waals surface area contributed by atoms with E-state index in [0.29, 0.717) is 42.0 Å². The van der Waals surface area contributed by atoms with Crippen LogP contribution in [0.15, 0.2) is 66.7 Å². The van der Waals surface area contributed by atoms with Crippen LogP contribution in [0.25, 0.3) is 4.85 Å². The average Bonchev–Trinajstić information content (AvgIpc) is 2.84. The number of phenols is 1. The second kappa shape index (κ2) is 11.7. The number of anilines is 1. The van der Waals surface area contributed by atoms with Crippen LogP contribution >= 0.6 is 0 Å². The summed E-state index contributed by atoms with van der Waals surface area (Å²) in [5.74, 6) is -0.961. The topological polar surface area (TPSA) is 100 Å². The molecular formula is C28H28N2O5. The third-order valence-electron chi connectivity index (χ3n) is 5.67. The first-order valence-electron chi connectivity index (χ1n) is 11.4. The van der Waals surface area contributed by atoms with Crippen molar-refractivity contribution in [2.75, 3.05) is 5.32 Å². The number of benzene rings is 3. The lowest BCUT2D eigenvalue weighted by atomic mass is 10.0. The smallest absolute Gasteiger partial charge is 0.326 e. The lowest BCUT2D eigenvalue weighted by Crippen LogP contribution is -2.30. The van der Waals surface area contributed by atoms with Crippen LogP contribution in [0, 0.1) is 13.5 Å². The minimum atomic E-state index is -0.963. The summed E-state index contributed by atoms with van der Waals surface area (Å²) in [6, 6.07) is 17.7. The second-order valence-electron chi connectivity index (χ2n) is 8.38. The van der Waals surface area contributed by atoms with Crippen LogP contribution in [0.4, 0.5) is 11.4 Å². The van der Waals surface area contributed by atoms with E-state index in [9.17, 15) is 19.8 Å². The van der Waals surface area contributed by atoms with E-state index in [1.165, 1.54) is 12.1 Å². The zero-order valence-corrected chi connectivity index (χ0v) is 19.7. The van der Waals surface area contributed by atoms with Gasteiger partial charge in [-0.2, -0.15) is 0 Å². The maximum atomic E-state index is 12.6. The highest BCUT2D eigenvalue weighted by molar-refractivity contribution is 6.10. The summed E-state index contributed by atoms with van der Waals surface area (Å²) in [7, 11) is 0. The van der Waals surface area contributed by atoms with Gasteiger partial charge in [-0.05, 0) is 56.9 Å².